The predicted octanol–water partition coefficient (Wildman–Crippen LogP) is 1.29. The molecular formula is C9H13NO3S. The summed E-state index contributed by atoms with van der Waals surface area (Å²) in [5, 5.41) is -0.720. The highest BCUT2D eigenvalue weighted by Crippen LogP contribution is 2.08. The standard InChI is InChI=1S/C9H13NO3S/c1-8(14(11,12)13)4-5-9-3-2-6-10-7-9/h2-3,6-8H,4-5H2,1H3,(H,11,12,13). The molecule has 1 aromatic heterocycles. The zero-order valence-corrected chi connectivity index (χ0v) is 8.74. The van der Waals surface area contributed by atoms with E-state index in [1.54, 1.807) is 18.5 Å². The predicted molar refractivity (Wildman–Crippen MR) is 53.6 cm³/mol. The van der Waals surface area contributed by atoms with E-state index in [-0.39, 0.29) is 0 Å². The number of pyridine rings is 1. The summed E-state index contributed by atoms with van der Waals surface area (Å²) in [6.07, 6.45) is 4.37. The summed E-state index contributed by atoms with van der Waals surface area (Å²) in [7, 11) is -3.89. The summed E-state index contributed by atoms with van der Waals surface area (Å²) < 4.78 is 30.1. The van der Waals surface area contributed by atoms with Gasteiger partial charge in [0.05, 0.1) is 5.25 Å². The van der Waals surface area contributed by atoms with Crippen molar-refractivity contribution in [3.05, 3.63) is 30.1 Å². The molecule has 0 spiro atoms. The number of nitrogens with zero attached hydrogens (tertiary/aromatic N) is 1. The molecule has 0 amide bonds. The van der Waals surface area contributed by atoms with Crippen LogP contribution >= 0.6 is 0 Å². The largest absolute Gasteiger partial charge is 0.285 e. The lowest BCUT2D eigenvalue weighted by atomic mass is 10.1. The van der Waals surface area contributed by atoms with Crippen LogP contribution < -0.4 is 0 Å². The first-order valence-electron chi connectivity index (χ1n) is 4.35. The van der Waals surface area contributed by atoms with Crippen molar-refractivity contribution in [1.82, 2.24) is 4.98 Å². The average Bonchev–Trinajstić information content (AvgIpc) is 2.14. The third kappa shape index (κ3) is 3.43. The Morgan fingerprint density at radius 1 is 1.57 bits per heavy atom. The molecule has 4 nitrogen and oxygen atoms in total. The zero-order valence-electron chi connectivity index (χ0n) is 7.92. The second-order valence-corrected chi connectivity index (χ2v) is 5.06. The number of rotatable bonds is 4. The van der Waals surface area contributed by atoms with E-state index < -0.39 is 15.4 Å². The topological polar surface area (TPSA) is 67.3 Å². The van der Waals surface area contributed by atoms with E-state index in [1.807, 2.05) is 6.07 Å². The van der Waals surface area contributed by atoms with E-state index in [9.17, 15) is 8.42 Å². The first kappa shape index (κ1) is 11.1. The quantitative estimate of drug-likeness (QED) is 0.768. The minimum Gasteiger partial charge on any atom is -0.285 e. The second-order valence-electron chi connectivity index (χ2n) is 3.23. The SMILES string of the molecule is CC(CCc1cccnc1)S(=O)(=O)O. The summed E-state index contributed by atoms with van der Waals surface area (Å²) in [5.74, 6) is 0. The monoisotopic (exact) mass is 215 g/mol. The Kier molecular flexibility index (Phi) is 3.60. The minimum absolute atomic E-state index is 0.407. The molecule has 0 aliphatic carbocycles. The third-order valence-electron chi connectivity index (χ3n) is 2.07. The lowest BCUT2D eigenvalue weighted by Gasteiger charge is -2.06. The van der Waals surface area contributed by atoms with Crippen LogP contribution in [0, 0.1) is 0 Å². The molecule has 1 rings (SSSR count). The number of hydrogen-bond donors (Lipinski definition) is 1. The molecule has 0 radical (unpaired) electrons. The Hall–Kier alpha value is -0.940. The molecule has 1 N–H and O–H groups in total. The summed E-state index contributed by atoms with van der Waals surface area (Å²) in [4.78, 5) is 3.91. The highest BCUT2D eigenvalue weighted by atomic mass is 32.2. The maximum atomic E-state index is 10.7. The van der Waals surface area contributed by atoms with Crippen molar-refractivity contribution in [2.45, 2.75) is 25.0 Å². The first-order chi connectivity index (χ1) is 6.50. The van der Waals surface area contributed by atoms with Gasteiger partial charge in [-0.15, -0.1) is 0 Å². The van der Waals surface area contributed by atoms with Gasteiger partial charge in [-0.05, 0) is 31.4 Å². The van der Waals surface area contributed by atoms with Gasteiger partial charge in [0.2, 0.25) is 0 Å². The van der Waals surface area contributed by atoms with Crippen LogP contribution in [0.4, 0.5) is 0 Å². The molecule has 1 atom stereocenters. The summed E-state index contributed by atoms with van der Waals surface area (Å²) >= 11 is 0. The fraction of sp³-hybridized carbons (Fsp3) is 0.444. The van der Waals surface area contributed by atoms with Crippen LogP contribution in [0.2, 0.25) is 0 Å². The average molecular weight is 215 g/mol. The van der Waals surface area contributed by atoms with E-state index in [0.717, 1.165) is 5.56 Å². The molecule has 1 heterocycles. The lowest BCUT2D eigenvalue weighted by Crippen LogP contribution is -2.17. The fourth-order valence-corrected chi connectivity index (χ4v) is 1.48. The summed E-state index contributed by atoms with van der Waals surface area (Å²) in [6, 6.07) is 3.68. The molecule has 1 aromatic rings. The van der Waals surface area contributed by atoms with Crippen LogP contribution in [-0.4, -0.2) is 23.2 Å². The van der Waals surface area contributed by atoms with Gasteiger partial charge in [-0.1, -0.05) is 6.07 Å². The van der Waals surface area contributed by atoms with E-state index in [0.29, 0.717) is 12.8 Å². The van der Waals surface area contributed by atoms with Gasteiger partial charge in [0.1, 0.15) is 0 Å². The van der Waals surface area contributed by atoms with Crippen molar-refractivity contribution < 1.29 is 13.0 Å². The molecule has 0 saturated carbocycles. The minimum atomic E-state index is -3.89. The molecule has 0 fully saturated rings. The van der Waals surface area contributed by atoms with Crippen molar-refractivity contribution in [3.8, 4) is 0 Å². The Morgan fingerprint density at radius 2 is 2.29 bits per heavy atom. The highest BCUT2D eigenvalue weighted by molar-refractivity contribution is 7.86. The number of aryl methyl sites for hydroxylation is 1. The molecule has 0 aromatic carbocycles. The summed E-state index contributed by atoms with van der Waals surface area (Å²) in [5.41, 5.74) is 0.975. The van der Waals surface area contributed by atoms with Gasteiger partial charge in [0.25, 0.3) is 10.1 Å². The Morgan fingerprint density at radius 3 is 2.79 bits per heavy atom. The maximum Gasteiger partial charge on any atom is 0.267 e. The Bertz CT molecular complexity index is 374. The van der Waals surface area contributed by atoms with Gasteiger partial charge in [0, 0.05) is 12.4 Å². The van der Waals surface area contributed by atoms with Crippen LogP contribution in [0.1, 0.15) is 18.9 Å². The van der Waals surface area contributed by atoms with Crippen molar-refractivity contribution in [2.75, 3.05) is 0 Å². The Labute approximate surface area is 83.7 Å². The van der Waals surface area contributed by atoms with Crippen molar-refractivity contribution in [1.29, 1.82) is 0 Å². The van der Waals surface area contributed by atoms with Crippen LogP contribution in [0.25, 0.3) is 0 Å². The van der Waals surface area contributed by atoms with Gasteiger partial charge in [-0.25, -0.2) is 0 Å². The van der Waals surface area contributed by atoms with Gasteiger partial charge in [-0.2, -0.15) is 8.42 Å². The second kappa shape index (κ2) is 4.52. The third-order valence-corrected chi connectivity index (χ3v) is 3.32. The molecule has 5 heteroatoms. The zero-order chi connectivity index (χ0) is 10.6. The van der Waals surface area contributed by atoms with Gasteiger partial charge in [0.15, 0.2) is 0 Å². The molecule has 0 saturated heterocycles. The van der Waals surface area contributed by atoms with Crippen LogP contribution in [-0.2, 0) is 16.5 Å². The first-order valence-corrected chi connectivity index (χ1v) is 5.85. The Balaban J connectivity index is 2.50. The van der Waals surface area contributed by atoms with E-state index >= 15 is 0 Å². The molecule has 14 heavy (non-hydrogen) atoms. The molecule has 0 aliphatic rings. The highest BCUT2D eigenvalue weighted by Gasteiger charge is 2.16. The lowest BCUT2D eigenvalue weighted by molar-refractivity contribution is 0.466. The molecule has 78 valence electrons. The molecule has 1 unspecified atom stereocenters. The van der Waals surface area contributed by atoms with Crippen LogP contribution in [0.15, 0.2) is 24.5 Å². The number of aromatic nitrogens is 1. The van der Waals surface area contributed by atoms with Crippen molar-refractivity contribution >= 4 is 10.1 Å². The molecule has 0 aliphatic heterocycles. The van der Waals surface area contributed by atoms with E-state index in [1.165, 1.54) is 6.92 Å². The van der Waals surface area contributed by atoms with Crippen LogP contribution in [0.5, 0.6) is 0 Å². The maximum absolute atomic E-state index is 10.7. The summed E-state index contributed by atoms with van der Waals surface area (Å²) in [6.45, 7) is 1.49. The van der Waals surface area contributed by atoms with Crippen molar-refractivity contribution in [2.24, 2.45) is 0 Å². The molecule has 0 bridgehead atoms. The van der Waals surface area contributed by atoms with Crippen molar-refractivity contribution in [3.63, 3.8) is 0 Å². The van der Waals surface area contributed by atoms with Gasteiger partial charge < -0.3 is 0 Å². The smallest absolute Gasteiger partial charge is 0.267 e. The normalized spacial score (nSPS) is 13.9. The van der Waals surface area contributed by atoms with Crippen LogP contribution in [0.3, 0.4) is 0 Å². The van der Waals surface area contributed by atoms with Gasteiger partial charge >= 0.3 is 0 Å². The number of hydrogen-bond acceptors (Lipinski definition) is 3. The van der Waals surface area contributed by atoms with E-state index in [2.05, 4.69) is 4.98 Å². The molecular weight excluding hydrogens is 202 g/mol. The fourth-order valence-electron chi connectivity index (χ4n) is 1.06. The van der Waals surface area contributed by atoms with Gasteiger partial charge in [-0.3, -0.25) is 9.54 Å². The van der Waals surface area contributed by atoms with E-state index in [4.69, 9.17) is 4.55 Å².